The average molecular weight is 402 g/mol. The zero-order valence-electron chi connectivity index (χ0n) is 17.3. The number of ether oxygens (including phenoxy) is 3. The van der Waals surface area contributed by atoms with Gasteiger partial charge in [-0.2, -0.15) is 0 Å². The van der Waals surface area contributed by atoms with Crippen LogP contribution < -0.4 is 9.47 Å². The first kappa shape index (κ1) is 20.9. The van der Waals surface area contributed by atoms with Crippen LogP contribution in [0.5, 0.6) is 17.4 Å². The monoisotopic (exact) mass is 402 g/mol. The zero-order valence-corrected chi connectivity index (χ0v) is 17.3. The Kier molecular flexibility index (Phi) is 6.25. The topological polar surface area (TPSA) is 60.9 Å². The van der Waals surface area contributed by atoms with E-state index >= 15 is 0 Å². The summed E-state index contributed by atoms with van der Waals surface area (Å²) < 4.78 is 30.5. The molecule has 0 bridgehead atoms. The fraction of sp³-hybridized carbons (Fsp3) is 0.455. The van der Waals surface area contributed by atoms with E-state index in [1.165, 1.54) is 19.2 Å². The molecule has 1 aliphatic heterocycles. The molecule has 1 aromatic carbocycles. The Morgan fingerprint density at radius 1 is 1.21 bits per heavy atom. The lowest BCUT2D eigenvalue weighted by Gasteiger charge is -2.33. The molecule has 2 heterocycles. The molecule has 0 saturated carbocycles. The second-order valence-electron chi connectivity index (χ2n) is 8.04. The van der Waals surface area contributed by atoms with Crippen LogP contribution in [0, 0.1) is 5.82 Å². The van der Waals surface area contributed by atoms with E-state index in [-0.39, 0.29) is 17.8 Å². The summed E-state index contributed by atoms with van der Waals surface area (Å²) in [5, 5.41) is 0. The van der Waals surface area contributed by atoms with E-state index in [2.05, 4.69) is 4.98 Å². The van der Waals surface area contributed by atoms with Crippen LogP contribution in [0.2, 0.25) is 0 Å². The Balaban J connectivity index is 1.69. The van der Waals surface area contributed by atoms with Crippen LogP contribution in [0.4, 0.5) is 9.18 Å². The molecule has 0 N–H and O–H groups in total. The summed E-state index contributed by atoms with van der Waals surface area (Å²) in [6.45, 7) is 6.75. The van der Waals surface area contributed by atoms with E-state index in [0.717, 1.165) is 18.4 Å². The van der Waals surface area contributed by atoms with Gasteiger partial charge in [-0.25, -0.2) is 14.2 Å². The number of amides is 1. The summed E-state index contributed by atoms with van der Waals surface area (Å²) in [6, 6.07) is 8.22. The Bertz CT molecular complexity index is 858. The zero-order chi connectivity index (χ0) is 21.0. The van der Waals surface area contributed by atoms with Crippen molar-refractivity contribution in [2.75, 3.05) is 20.2 Å². The fourth-order valence-electron chi connectivity index (χ4n) is 3.29. The lowest BCUT2D eigenvalue weighted by atomic mass is 9.90. The average Bonchev–Trinajstić information content (AvgIpc) is 2.69. The highest BCUT2D eigenvalue weighted by molar-refractivity contribution is 5.68. The SMILES string of the molecule is COc1ccc(Oc2ncccc2C2CCN(C(=O)OC(C)(C)C)CC2)c(F)c1. The largest absolute Gasteiger partial charge is 0.497 e. The third kappa shape index (κ3) is 5.37. The molecule has 0 atom stereocenters. The van der Waals surface area contributed by atoms with E-state index in [4.69, 9.17) is 14.2 Å². The molecule has 3 rings (SSSR count). The molecule has 0 spiro atoms. The van der Waals surface area contributed by atoms with Crippen molar-refractivity contribution in [2.45, 2.75) is 45.1 Å². The summed E-state index contributed by atoms with van der Waals surface area (Å²) in [7, 11) is 1.48. The predicted octanol–water partition coefficient (Wildman–Crippen LogP) is 5.14. The number of hydrogen-bond donors (Lipinski definition) is 0. The lowest BCUT2D eigenvalue weighted by molar-refractivity contribution is 0.0204. The predicted molar refractivity (Wildman–Crippen MR) is 107 cm³/mol. The third-order valence-corrected chi connectivity index (χ3v) is 4.73. The molecule has 0 unspecified atom stereocenters. The van der Waals surface area contributed by atoms with Crippen molar-refractivity contribution in [1.82, 2.24) is 9.88 Å². The molecule has 1 aromatic heterocycles. The third-order valence-electron chi connectivity index (χ3n) is 4.73. The standard InChI is InChI=1S/C22H27FN2O4/c1-22(2,3)29-21(26)25-12-9-15(10-13-25)17-6-5-11-24-20(17)28-19-8-7-16(27-4)14-18(19)23/h5-8,11,14-15H,9-10,12-13H2,1-4H3. The van der Waals surface area contributed by atoms with Crippen LogP contribution in [0.25, 0.3) is 0 Å². The van der Waals surface area contributed by atoms with E-state index in [1.807, 2.05) is 32.9 Å². The number of piperidine rings is 1. The van der Waals surface area contributed by atoms with Crippen LogP contribution in [0.1, 0.15) is 45.1 Å². The number of hydrogen-bond acceptors (Lipinski definition) is 5. The van der Waals surface area contributed by atoms with Crippen molar-refractivity contribution in [3.8, 4) is 17.4 Å². The van der Waals surface area contributed by atoms with E-state index in [9.17, 15) is 9.18 Å². The van der Waals surface area contributed by atoms with Crippen molar-refractivity contribution < 1.29 is 23.4 Å². The van der Waals surface area contributed by atoms with Crippen molar-refractivity contribution in [3.63, 3.8) is 0 Å². The van der Waals surface area contributed by atoms with Gasteiger partial charge in [-0.15, -0.1) is 0 Å². The van der Waals surface area contributed by atoms with Gasteiger partial charge < -0.3 is 19.1 Å². The van der Waals surface area contributed by atoms with Crippen LogP contribution in [0.15, 0.2) is 36.5 Å². The van der Waals surface area contributed by atoms with Gasteiger partial charge >= 0.3 is 6.09 Å². The van der Waals surface area contributed by atoms with E-state index in [1.54, 1.807) is 17.2 Å². The quantitative estimate of drug-likeness (QED) is 0.709. The number of likely N-dealkylation sites (tertiary alicyclic amines) is 1. The van der Waals surface area contributed by atoms with Crippen LogP contribution in [-0.4, -0.2) is 41.8 Å². The maximum absolute atomic E-state index is 14.3. The molecular weight excluding hydrogens is 375 g/mol. The van der Waals surface area contributed by atoms with Gasteiger partial charge in [0.15, 0.2) is 11.6 Å². The number of nitrogens with zero attached hydrogens (tertiary/aromatic N) is 2. The Morgan fingerprint density at radius 2 is 1.93 bits per heavy atom. The number of rotatable bonds is 4. The molecule has 0 aliphatic carbocycles. The van der Waals surface area contributed by atoms with Gasteiger partial charge in [0.25, 0.3) is 0 Å². The van der Waals surface area contributed by atoms with Crippen LogP contribution in [-0.2, 0) is 4.74 Å². The molecule has 1 saturated heterocycles. The number of halogens is 1. The van der Waals surface area contributed by atoms with Gasteiger partial charge in [0.1, 0.15) is 11.4 Å². The molecule has 0 radical (unpaired) electrons. The first-order chi connectivity index (χ1) is 13.8. The van der Waals surface area contributed by atoms with Crippen molar-refractivity contribution in [2.24, 2.45) is 0 Å². The normalized spacial score (nSPS) is 15.1. The summed E-state index contributed by atoms with van der Waals surface area (Å²) in [5.41, 5.74) is 0.396. The maximum atomic E-state index is 14.3. The van der Waals surface area contributed by atoms with Gasteiger partial charge in [-0.1, -0.05) is 6.07 Å². The van der Waals surface area contributed by atoms with Gasteiger partial charge in [-0.05, 0) is 57.7 Å². The Hall–Kier alpha value is -2.83. The van der Waals surface area contributed by atoms with E-state index in [0.29, 0.717) is 24.7 Å². The highest BCUT2D eigenvalue weighted by Gasteiger charge is 2.29. The highest BCUT2D eigenvalue weighted by Crippen LogP contribution is 2.36. The summed E-state index contributed by atoms with van der Waals surface area (Å²) in [6.07, 6.45) is 2.84. The summed E-state index contributed by atoms with van der Waals surface area (Å²) in [5.74, 6) is 0.550. The second kappa shape index (κ2) is 8.68. The van der Waals surface area contributed by atoms with Crippen molar-refractivity contribution >= 4 is 6.09 Å². The number of carbonyl (C=O) groups excluding carboxylic acids is 1. The summed E-state index contributed by atoms with van der Waals surface area (Å²) >= 11 is 0. The number of benzene rings is 1. The van der Waals surface area contributed by atoms with E-state index < -0.39 is 11.4 Å². The van der Waals surface area contributed by atoms with Gasteiger partial charge in [0, 0.05) is 30.9 Å². The first-order valence-electron chi connectivity index (χ1n) is 9.71. The molecule has 1 aliphatic rings. The number of aromatic nitrogens is 1. The van der Waals surface area contributed by atoms with Crippen molar-refractivity contribution in [1.29, 1.82) is 0 Å². The molecule has 156 valence electrons. The van der Waals surface area contributed by atoms with Gasteiger partial charge in [0.2, 0.25) is 5.88 Å². The van der Waals surface area contributed by atoms with Crippen LogP contribution >= 0.6 is 0 Å². The Morgan fingerprint density at radius 3 is 2.55 bits per heavy atom. The molecule has 1 fully saturated rings. The molecular formula is C22H27FN2O4. The van der Waals surface area contributed by atoms with Gasteiger partial charge in [0.05, 0.1) is 7.11 Å². The van der Waals surface area contributed by atoms with Gasteiger partial charge in [-0.3, -0.25) is 0 Å². The number of carbonyl (C=O) groups is 1. The Labute approximate surface area is 170 Å². The highest BCUT2D eigenvalue weighted by atomic mass is 19.1. The molecule has 7 heteroatoms. The minimum absolute atomic E-state index is 0.0944. The number of pyridine rings is 1. The molecule has 1 amide bonds. The van der Waals surface area contributed by atoms with Crippen molar-refractivity contribution in [3.05, 3.63) is 47.9 Å². The molecule has 6 nitrogen and oxygen atoms in total. The minimum atomic E-state index is -0.513. The smallest absolute Gasteiger partial charge is 0.410 e. The maximum Gasteiger partial charge on any atom is 0.410 e. The minimum Gasteiger partial charge on any atom is -0.497 e. The van der Waals surface area contributed by atoms with Crippen LogP contribution in [0.3, 0.4) is 0 Å². The number of methoxy groups -OCH3 is 1. The second-order valence-corrected chi connectivity index (χ2v) is 8.04. The molecule has 2 aromatic rings. The fourth-order valence-corrected chi connectivity index (χ4v) is 3.29. The summed E-state index contributed by atoms with van der Waals surface area (Å²) in [4.78, 5) is 18.3. The first-order valence-corrected chi connectivity index (χ1v) is 9.71. The lowest BCUT2D eigenvalue weighted by Crippen LogP contribution is -2.41. The molecule has 29 heavy (non-hydrogen) atoms.